The first kappa shape index (κ1) is 13.8. The minimum atomic E-state index is -4.10. The maximum Gasteiger partial charge on any atom is 0.324 e. The molecule has 0 aromatic heterocycles. The Morgan fingerprint density at radius 3 is 2.68 bits per heavy atom. The lowest BCUT2D eigenvalue weighted by Crippen LogP contribution is -2.32. The van der Waals surface area contributed by atoms with E-state index >= 15 is 0 Å². The van der Waals surface area contributed by atoms with E-state index in [1.165, 1.54) is 0 Å². The van der Waals surface area contributed by atoms with Gasteiger partial charge in [-0.2, -0.15) is 8.70 Å². The predicted molar refractivity (Wildman–Crippen MR) is 64.4 cm³/mol. The van der Waals surface area contributed by atoms with Gasteiger partial charge in [0, 0.05) is 19.1 Å². The summed E-state index contributed by atoms with van der Waals surface area (Å²) in [6.07, 6.45) is 0.475. The largest absolute Gasteiger partial charge is 0.326 e. The van der Waals surface area contributed by atoms with Gasteiger partial charge in [0.2, 0.25) is 15.8 Å². The first-order chi connectivity index (χ1) is 8.84. The van der Waals surface area contributed by atoms with Crippen molar-refractivity contribution in [3.63, 3.8) is 0 Å². The van der Waals surface area contributed by atoms with E-state index in [0.717, 1.165) is 22.5 Å². The average molecular weight is 289 g/mol. The van der Waals surface area contributed by atoms with Gasteiger partial charge in [-0.25, -0.2) is 8.42 Å². The van der Waals surface area contributed by atoms with Crippen molar-refractivity contribution in [2.45, 2.75) is 17.4 Å². The van der Waals surface area contributed by atoms with Crippen LogP contribution in [0.25, 0.3) is 0 Å². The van der Waals surface area contributed by atoms with E-state index < -0.39 is 31.3 Å². The number of halogens is 1. The van der Waals surface area contributed by atoms with Crippen LogP contribution >= 0.6 is 0 Å². The highest BCUT2D eigenvalue weighted by atomic mass is 32.2. The lowest BCUT2D eigenvalue weighted by Gasteiger charge is -2.15. The molecule has 7 nitrogen and oxygen atoms in total. The summed E-state index contributed by atoms with van der Waals surface area (Å²) >= 11 is 0. The van der Waals surface area contributed by atoms with Crippen molar-refractivity contribution in [1.82, 2.24) is 4.31 Å². The number of nitro groups is 1. The Morgan fingerprint density at radius 1 is 1.47 bits per heavy atom. The van der Waals surface area contributed by atoms with Crippen molar-refractivity contribution < 1.29 is 17.7 Å². The van der Waals surface area contributed by atoms with Crippen LogP contribution in [-0.2, 0) is 10.0 Å². The normalized spacial score (nSPS) is 20.6. The van der Waals surface area contributed by atoms with E-state index in [4.69, 9.17) is 5.73 Å². The van der Waals surface area contributed by atoms with Gasteiger partial charge in [-0.3, -0.25) is 10.1 Å². The molecule has 19 heavy (non-hydrogen) atoms. The molecule has 1 saturated heterocycles. The van der Waals surface area contributed by atoms with E-state index in [2.05, 4.69) is 0 Å². The zero-order valence-electron chi connectivity index (χ0n) is 9.82. The van der Waals surface area contributed by atoms with Crippen molar-refractivity contribution in [2.24, 2.45) is 5.73 Å². The number of nitro benzene ring substituents is 1. The molecule has 0 amide bonds. The molecule has 1 atom stereocenters. The predicted octanol–water partition coefficient (Wildman–Crippen LogP) is 0.456. The molecule has 9 heteroatoms. The lowest BCUT2D eigenvalue weighted by molar-refractivity contribution is -0.390. The van der Waals surface area contributed by atoms with Crippen molar-refractivity contribution in [2.75, 3.05) is 13.1 Å². The molecule has 1 aliphatic heterocycles. The topological polar surface area (TPSA) is 107 Å². The van der Waals surface area contributed by atoms with Gasteiger partial charge in [0.05, 0.1) is 4.92 Å². The van der Waals surface area contributed by atoms with Crippen LogP contribution in [0.5, 0.6) is 0 Å². The summed E-state index contributed by atoms with van der Waals surface area (Å²) in [4.78, 5) is 9.16. The van der Waals surface area contributed by atoms with E-state index in [0.29, 0.717) is 6.42 Å². The van der Waals surface area contributed by atoms with Gasteiger partial charge in [0.15, 0.2) is 4.90 Å². The van der Waals surface area contributed by atoms with Crippen molar-refractivity contribution in [1.29, 1.82) is 0 Å². The van der Waals surface area contributed by atoms with Gasteiger partial charge < -0.3 is 5.73 Å². The fourth-order valence-electron chi connectivity index (χ4n) is 1.99. The van der Waals surface area contributed by atoms with Crippen molar-refractivity contribution in [3.05, 3.63) is 34.1 Å². The minimum Gasteiger partial charge on any atom is -0.326 e. The van der Waals surface area contributed by atoms with E-state index in [1.54, 1.807) is 0 Å². The minimum absolute atomic E-state index is 0.0794. The van der Waals surface area contributed by atoms with Gasteiger partial charge >= 0.3 is 5.69 Å². The summed E-state index contributed by atoms with van der Waals surface area (Å²) in [5, 5.41) is 10.8. The van der Waals surface area contributed by atoms with Crippen LogP contribution in [-0.4, -0.2) is 36.8 Å². The number of sulfonamides is 1. The molecule has 1 aromatic rings. The van der Waals surface area contributed by atoms with Crippen LogP contribution in [0.1, 0.15) is 6.42 Å². The van der Waals surface area contributed by atoms with Crippen LogP contribution in [0.4, 0.5) is 10.1 Å². The maximum atomic E-state index is 13.4. The highest BCUT2D eigenvalue weighted by molar-refractivity contribution is 7.89. The van der Waals surface area contributed by atoms with Crippen LogP contribution in [0.3, 0.4) is 0 Å². The molecule has 2 rings (SSSR count). The van der Waals surface area contributed by atoms with Gasteiger partial charge in [-0.05, 0) is 18.6 Å². The Labute approximate surface area is 109 Å². The van der Waals surface area contributed by atoms with Crippen LogP contribution in [0, 0.1) is 15.9 Å². The molecule has 0 spiro atoms. The number of para-hydroxylation sites is 1. The standard InChI is InChI=1S/C10H12FN3O4S/c11-8-2-1-3-9(10(8)14(15)16)19(17,18)13-5-4-7(12)6-13/h1-3,7H,4-6,12H2/t7-/m1/s1. The monoisotopic (exact) mass is 289 g/mol. The Balaban J connectivity index is 2.52. The third-order valence-electron chi connectivity index (χ3n) is 2.94. The first-order valence-electron chi connectivity index (χ1n) is 5.52. The van der Waals surface area contributed by atoms with Crippen LogP contribution < -0.4 is 5.73 Å². The highest BCUT2D eigenvalue weighted by Crippen LogP contribution is 2.30. The third-order valence-corrected chi connectivity index (χ3v) is 4.83. The zero-order valence-corrected chi connectivity index (χ0v) is 10.6. The number of hydrogen-bond donors (Lipinski definition) is 1. The Bertz CT molecular complexity index is 619. The zero-order chi connectivity index (χ0) is 14.2. The summed E-state index contributed by atoms with van der Waals surface area (Å²) in [7, 11) is -4.10. The summed E-state index contributed by atoms with van der Waals surface area (Å²) in [5.41, 5.74) is 4.59. The van der Waals surface area contributed by atoms with Crippen LogP contribution in [0.2, 0.25) is 0 Å². The highest BCUT2D eigenvalue weighted by Gasteiger charge is 2.36. The maximum absolute atomic E-state index is 13.4. The molecule has 0 radical (unpaired) electrons. The molecular weight excluding hydrogens is 277 g/mol. The number of hydrogen-bond acceptors (Lipinski definition) is 5. The van der Waals surface area contributed by atoms with Crippen LogP contribution in [0.15, 0.2) is 23.1 Å². The quantitative estimate of drug-likeness (QED) is 0.642. The molecular formula is C10H12FN3O4S. The van der Waals surface area contributed by atoms with E-state index in [1.807, 2.05) is 0 Å². The first-order valence-corrected chi connectivity index (χ1v) is 6.96. The summed E-state index contributed by atoms with van der Waals surface area (Å²) in [6, 6.07) is 2.71. The third kappa shape index (κ3) is 2.44. The fourth-order valence-corrected chi connectivity index (χ4v) is 3.67. The second-order valence-electron chi connectivity index (χ2n) is 4.26. The van der Waals surface area contributed by atoms with Gasteiger partial charge in [0.1, 0.15) is 0 Å². The molecule has 2 N–H and O–H groups in total. The fraction of sp³-hybridized carbons (Fsp3) is 0.400. The number of nitrogens with two attached hydrogens (primary N) is 1. The average Bonchev–Trinajstić information content (AvgIpc) is 2.75. The molecule has 1 aromatic carbocycles. The van der Waals surface area contributed by atoms with Crippen molar-refractivity contribution in [3.8, 4) is 0 Å². The van der Waals surface area contributed by atoms with E-state index in [-0.39, 0.29) is 19.1 Å². The van der Waals surface area contributed by atoms with E-state index in [9.17, 15) is 22.9 Å². The molecule has 0 saturated carbocycles. The summed E-state index contributed by atoms with van der Waals surface area (Å²) in [5.74, 6) is -1.17. The van der Waals surface area contributed by atoms with Gasteiger partial charge in [0.25, 0.3) is 0 Å². The van der Waals surface area contributed by atoms with Gasteiger partial charge in [-0.1, -0.05) is 6.07 Å². The summed E-state index contributed by atoms with van der Waals surface area (Å²) < 4.78 is 39.0. The summed E-state index contributed by atoms with van der Waals surface area (Å²) in [6.45, 7) is 0.257. The Morgan fingerprint density at radius 2 is 2.16 bits per heavy atom. The molecule has 0 aliphatic carbocycles. The second kappa shape index (κ2) is 4.83. The number of nitrogens with zero attached hydrogens (tertiary/aromatic N) is 2. The Hall–Kier alpha value is -1.58. The molecule has 1 heterocycles. The smallest absolute Gasteiger partial charge is 0.324 e. The lowest BCUT2D eigenvalue weighted by atomic mass is 10.3. The molecule has 0 unspecified atom stereocenters. The molecule has 1 aliphatic rings. The molecule has 104 valence electrons. The van der Waals surface area contributed by atoms with Gasteiger partial charge in [-0.15, -0.1) is 0 Å². The van der Waals surface area contributed by atoms with Crippen molar-refractivity contribution >= 4 is 15.7 Å². The number of rotatable bonds is 3. The number of benzene rings is 1. The Kier molecular flexibility index (Phi) is 3.52. The molecule has 1 fully saturated rings. The second-order valence-corrected chi connectivity index (χ2v) is 6.16. The molecule has 0 bridgehead atoms. The SMILES string of the molecule is N[C@@H]1CCN(S(=O)(=O)c2cccc(F)c2[N+](=O)[O-])C1.